The summed E-state index contributed by atoms with van der Waals surface area (Å²) in [6, 6.07) is -0.542. The van der Waals surface area contributed by atoms with Crippen LogP contribution in [0.1, 0.15) is 12.8 Å². The lowest BCUT2D eigenvalue weighted by atomic mass is 9.79. The average Bonchev–Trinajstić information content (AvgIpc) is 1.94. The van der Waals surface area contributed by atoms with E-state index in [1.165, 1.54) is 0 Å². The summed E-state index contributed by atoms with van der Waals surface area (Å²) < 4.78 is 36.6. The van der Waals surface area contributed by atoms with Gasteiger partial charge in [-0.2, -0.15) is 13.2 Å². The summed E-state index contributed by atoms with van der Waals surface area (Å²) in [6.45, 7) is 0. The number of nitrogens with one attached hydrogen (secondary N) is 2. The minimum Gasteiger partial charge on any atom is -0.366 e. The maximum Gasteiger partial charge on any atom is 0.393 e. The highest BCUT2D eigenvalue weighted by atomic mass is 32.1. The van der Waals surface area contributed by atoms with Crippen molar-refractivity contribution in [2.75, 3.05) is 7.05 Å². The molecule has 2 N–H and O–H groups in total. The van der Waals surface area contributed by atoms with Gasteiger partial charge in [0.25, 0.3) is 0 Å². The zero-order valence-electron chi connectivity index (χ0n) is 7.11. The van der Waals surface area contributed by atoms with Gasteiger partial charge in [0.2, 0.25) is 0 Å². The monoisotopic (exact) mass is 212 g/mol. The molecule has 0 spiro atoms. The molecule has 0 saturated heterocycles. The average molecular weight is 212 g/mol. The van der Waals surface area contributed by atoms with E-state index in [1.54, 1.807) is 7.05 Å². The fraction of sp³-hybridized carbons (Fsp3) is 0.857. The van der Waals surface area contributed by atoms with E-state index in [4.69, 9.17) is 12.2 Å². The third-order valence-corrected chi connectivity index (χ3v) is 2.56. The molecule has 13 heavy (non-hydrogen) atoms. The van der Waals surface area contributed by atoms with E-state index in [9.17, 15) is 13.2 Å². The van der Waals surface area contributed by atoms with Crippen molar-refractivity contribution < 1.29 is 13.2 Å². The van der Waals surface area contributed by atoms with E-state index >= 15 is 0 Å². The molecule has 2 unspecified atom stereocenters. The highest BCUT2D eigenvalue weighted by Crippen LogP contribution is 2.40. The van der Waals surface area contributed by atoms with Crippen molar-refractivity contribution >= 4 is 17.3 Å². The maximum absolute atomic E-state index is 12.2. The zero-order valence-corrected chi connectivity index (χ0v) is 7.93. The molecule has 0 heterocycles. The first-order valence-corrected chi connectivity index (χ1v) is 4.41. The van der Waals surface area contributed by atoms with Gasteiger partial charge in [0, 0.05) is 13.1 Å². The molecule has 2 atom stereocenters. The summed E-state index contributed by atoms with van der Waals surface area (Å²) in [5.74, 6) is -1.24. The predicted octanol–water partition coefficient (Wildman–Crippen LogP) is 1.42. The van der Waals surface area contributed by atoms with E-state index in [0.717, 1.165) is 0 Å². The lowest BCUT2D eigenvalue weighted by Crippen LogP contribution is -2.54. The Labute approximate surface area is 79.9 Å². The number of rotatable bonds is 1. The number of thiocarbonyl (C=S) groups is 1. The Morgan fingerprint density at radius 2 is 2.00 bits per heavy atom. The summed E-state index contributed by atoms with van der Waals surface area (Å²) in [7, 11) is 1.58. The number of hydrogen-bond donors (Lipinski definition) is 2. The van der Waals surface area contributed by atoms with Gasteiger partial charge in [0.05, 0.1) is 5.92 Å². The first kappa shape index (κ1) is 10.6. The molecule has 0 aromatic rings. The van der Waals surface area contributed by atoms with Crippen molar-refractivity contribution in [2.24, 2.45) is 5.92 Å². The molecule has 0 amide bonds. The van der Waals surface area contributed by atoms with E-state index in [-0.39, 0.29) is 11.5 Å². The van der Waals surface area contributed by atoms with Crippen molar-refractivity contribution in [3.05, 3.63) is 0 Å². The molecule has 0 aromatic carbocycles. The summed E-state index contributed by atoms with van der Waals surface area (Å²) in [6.07, 6.45) is -3.36. The molecule has 2 nitrogen and oxygen atoms in total. The van der Waals surface area contributed by atoms with Crippen LogP contribution in [0.2, 0.25) is 0 Å². The SMILES string of the molecule is CNC(=S)NC1CCC1C(F)(F)F. The van der Waals surface area contributed by atoms with Crippen molar-refractivity contribution in [2.45, 2.75) is 25.1 Å². The summed E-state index contributed by atoms with van der Waals surface area (Å²) in [5, 5.41) is 5.49. The Kier molecular flexibility index (Phi) is 3.00. The van der Waals surface area contributed by atoms with Gasteiger partial charge < -0.3 is 10.6 Å². The molecular formula is C7H11F3N2S. The second kappa shape index (κ2) is 3.69. The van der Waals surface area contributed by atoms with Gasteiger partial charge >= 0.3 is 6.18 Å². The highest BCUT2D eigenvalue weighted by molar-refractivity contribution is 7.80. The minimum atomic E-state index is -4.10. The first-order valence-electron chi connectivity index (χ1n) is 4.00. The van der Waals surface area contributed by atoms with Gasteiger partial charge in [-0.05, 0) is 25.1 Å². The van der Waals surface area contributed by atoms with Crippen LogP contribution in [0.3, 0.4) is 0 Å². The molecule has 0 aliphatic heterocycles. The highest BCUT2D eigenvalue weighted by Gasteiger charge is 2.50. The third kappa shape index (κ3) is 2.46. The van der Waals surface area contributed by atoms with E-state index in [0.29, 0.717) is 6.42 Å². The Morgan fingerprint density at radius 1 is 1.38 bits per heavy atom. The van der Waals surface area contributed by atoms with Crippen LogP contribution in [0.4, 0.5) is 13.2 Å². The molecule has 0 bridgehead atoms. The van der Waals surface area contributed by atoms with E-state index in [2.05, 4.69) is 10.6 Å². The zero-order chi connectivity index (χ0) is 10.1. The van der Waals surface area contributed by atoms with Crippen LogP contribution in [0, 0.1) is 5.92 Å². The Hall–Kier alpha value is -0.520. The van der Waals surface area contributed by atoms with Gasteiger partial charge in [-0.1, -0.05) is 0 Å². The third-order valence-electron chi connectivity index (χ3n) is 2.24. The van der Waals surface area contributed by atoms with Crippen LogP contribution < -0.4 is 10.6 Å². The smallest absolute Gasteiger partial charge is 0.366 e. The molecule has 1 fully saturated rings. The van der Waals surface area contributed by atoms with Crippen LogP contribution in [-0.2, 0) is 0 Å². The molecule has 6 heteroatoms. The van der Waals surface area contributed by atoms with E-state index < -0.39 is 18.1 Å². The largest absolute Gasteiger partial charge is 0.393 e. The van der Waals surface area contributed by atoms with Crippen molar-refractivity contribution in [1.29, 1.82) is 0 Å². The number of alkyl halides is 3. The standard InChI is InChI=1S/C7H11F3N2S/c1-11-6(13)12-5-3-2-4(5)7(8,9)10/h4-5H,2-3H2,1H3,(H2,11,12,13). The van der Waals surface area contributed by atoms with Crippen LogP contribution in [-0.4, -0.2) is 24.4 Å². The lowest BCUT2D eigenvalue weighted by Gasteiger charge is -2.38. The summed E-state index contributed by atoms with van der Waals surface area (Å²) in [5.41, 5.74) is 0. The molecule has 0 aromatic heterocycles. The van der Waals surface area contributed by atoms with Gasteiger partial charge in [-0.3, -0.25) is 0 Å². The molecule has 76 valence electrons. The molecule has 1 aliphatic rings. The topological polar surface area (TPSA) is 24.1 Å². The molecule has 1 rings (SSSR count). The van der Waals surface area contributed by atoms with Crippen LogP contribution in [0.15, 0.2) is 0 Å². The molecule has 0 radical (unpaired) electrons. The fourth-order valence-corrected chi connectivity index (χ4v) is 1.46. The van der Waals surface area contributed by atoms with E-state index in [1.807, 2.05) is 0 Å². The van der Waals surface area contributed by atoms with Crippen molar-refractivity contribution in [3.63, 3.8) is 0 Å². The molecular weight excluding hydrogens is 201 g/mol. The van der Waals surface area contributed by atoms with Gasteiger partial charge in [-0.15, -0.1) is 0 Å². The quantitative estimate of drug-likeness (QED) is 0.643. The van der Waals surface area contributed by atoms with Gasteiger partial charge in [0.15, 0.2) is 5.11 Å². The van der Waals surface area contributed by atoms with Gasteiger partial charge in [0.1, 0.15) is 0 Å². The molecule has 1 saturated carbocycles. The summed E-state index contributed by atoms with van der Waals surface area (Å²) in [4.78, 5) is 0. The Balaban J connectivity index is 2.41. The maximum atomic E-state index is 12.2. The Bertz CT molecular complexity index is 204. The van der Waals surface area contributed by atoms with Crippen LogP contribution in [0.25, 0.3) is 0 Å². The van der Waals surface area contributed by atoms with Crippen LogP contribution in [0.5, 0.6) is 0 Å². The van der Waals surface area contributed by atoms with Crippen molar-refractivity contribution in [3.8, 4) is 0 Å². The lowest BCUT2D eigenvalue weighted by molar-refractivity contribution is -0.201. The Morgan fingerprint density at radius 3 is 2.31 bits per heavy atom. The van der Waals surface area contributed by atoms with Crippen LogP contribution >= 0.6 is 12.2 Å². The van der Waals surface area contributed by atoms with Gasteiger partial charge in [-0.25, -0.2) is 0 Å². The molecule has 1 aliphatic carbocycles. The first-order chi connectivity index (χ1) is 5.95. The normalized spacial score (nSPS) is 27.7. The number of halogens is 3. The predicted molar refractivity (Wildman–Crippen MR) is 47.4 cm³/mol. The second-order valence-electron chi connectivity index (χ2n) is 3.06. The summed E-state index contributed by atoms with van der Waals surface area (Å²) >= 11 is 4.72. The fourth-order valence-electron chi connectivity index (χ4n) is 1.31. The number of hydrogen-bond acceptors (Lipinski definition) is 1. The minimum absolute atomic E-state index is 0.202. The van der Waals surface area contributed by atoms with Crippen molar-refractivity contribution in [1.82, 2.24) is 10.6 Å². The second-order valence-corrected chi connectivity index (χ2v) is 3.46.